The zero-order chi connectivity index (χ0) is 21.8. The summed E-state index contributed by atoms with van der Waals surface area (Å²) in [4.78, 5) is 12.8. The summed E-state index contributed by atoms with van der Waals surface area (Å²) in [6, 6.07) is 23.4. The molecule has 7 heteroatoms. The van der Waals surface area contributed by atoms with Gasteiger partial charge in [0, 0.05) is 19.3 Å². The van der Waals surface area contributed by atoms with Crippen LogP contribution in [0, 0.1) is 5.92 Å². The minimum absolute atomic E-state index is 0.147. The second-order valence-electron chi connectivity index (χ2n) is 7.58. The quantitative estimate of drug-likeness (QED) is 0.639. The number of carbonyl (C=O) groups is 1. The highest BCUT2D eigenvalue weighted by molar-refractivity contribution is 7.89. The van der Waals surface area contributed by atoms with E-state index in [1.165, 1.54) is 16.4 Å². The third-order valence-corrected chi connectivity index (χ3v) is 7.15. The van der Waals surface area contributed by atoms with Gasteiger partial charge in [0.1, 0.15) is 12.4 Å². The molecule has 0 saturated carbocycles. The molecule has 31 heavy (non-hydrogen) atoms. The Labute approximate surface area is 182 Å². The number of ether oxygens (including phenoxy) is 1. The molecule has 0 bridgehead atoms. The van der Waals surface area contributed by atoms with E-state index >= 15 is 0 Å². The summed E-state index contributed by atoms with van der Waals surface area (Å²) in [6.45, 7) is 0.602. The van der Waals surface area contributed by atoms with Gasteiger partial charge in [-0.15, -0.1) is 0 Å². The molecule has 4 rings (SSSR count). The summed E-state index contributed by atoms with van der Waals surface area (Å²) in [6.07, 6.45) is 0.610. The standard InChI is InChI=1S/C24H24N2O4S/c1-26(16-18-7-3-2-4-8-18)31(28,29)22-13-11-21(12-14-22)25-24(27)20-15-19-9-5-6-10-23(19)30-17-20/h2-14,20H,15-17H2,1H3,(H,25,27). The van der Waals surface area contributed by atoms with Crippen molar-refractivity contribution in [2.45, 2.75) is 17.9 Å². The minimum Gasteiger partial charge on any atom is -0.492 e. The number of rotatable bonds is 6. The van der Waals surface area contributed by atoms with E-state index in [1.54, 1.807) is 19.2 Å². The van der Waals surface area contributed by atoms with Crippen LogP contribution in [-0.4, -0.2) is 32.3 Å². The molecule has 160 valence electrons. The summed E-state index contributed by atoms with van der Waals surface area (Å²) in [7, 11) is -2.08. The Balaban J connectivity index is 1.40. The number of para-hydroxylation sites is 1. The smallest absolute Gasteiger partial charge is 0.243 e. The second-order valence-corrected chi connectivity index (χ2v) is 9.62. The lowest BCUT2D eigenvalue weighted by Gasteiger charge is -2.24. The molecule has 0 aliphatic carbocycles. The summed E-state index contributed by atoms with van der Waals surface area (Å²) in [5, 5.41) is 2.86. The van der Waals surface area contributed by atoms with Crippen LogP contribution in [0.3, 0.4) is 0 Å². The van der Waals surface area contributed by atoms with Crippen molar-refractivity contribution in [2.24, 2.45) is 5.92 Å². The van der Waals surface area contributed by atoms with Crippen LogP contribution in [0.4, 0.5) is 5.69 Å². The molecule has 0 saturated heterocycles. The third-order valence-electron chi connectivity index (χ3n) is 5.33. The normalized spacial score (nSPS) is 15.7. The van der Waals surface area contributed by atoms with Crippen LogP contribution >= 0.6 is 0 Å². The average molecular weight is 437 g/mol. The van der Waals surface area contributed by atoms with Crippen LogP contribution in [-0.2, 0) is 27.8 Å². The van der Waals surface area contributed by atoms with E-state index in [0.717, 1.165) is 16.9 Å². The van der Waals surface area contributed by atoms with Gasteiger partial charge in [-0.2, -0.15) is 4.31 Å². The van der Waals surface area contributed by atoms with Crippen molar-refractivity contribution in [3.8, 4) is 5.75 Å². The third kappa shape index (κ3) is 4.78. The molecule has 6 nitrogen and oxygen atoms in total. The first kappa shape index (κ1) is 21.1. The second kappa shape index (κ2) is 8.91. The van der Waals surface area contributed by atoms with E-state index in [-0.39, 0.29) is 23.3 Å². The van der Waals surface area contributed by atoms with Crippen molar-refractivity contribution in [2.75, 3.05) is 19.0 Å². The van der Waals surface area contributed by atoms with E-state index in [4.69, 9.17) is 4.74 Å². The summed E-state index contributed by atoms with van der Waals surface area (Å²) in [5.41, 5.74) is 2.47. The van der Waals surface area contributed by atoms with Crippen molar-refractivity contribution in [3.63, 3.8) is 0 Å². The number of hydrogen-bond acceptors (Lipinski definition) is 4. The van der Waals surface area contributed by atoms with Gasteiger partial charge in [0.25, 0.3) is 0 Å². The highest BCUT2D eigenvalue weighted by Crippen LogP contribution is 2.27. The summed E-state index contributed by atoms with van der Waals surface area (Å²) >= 11 is 0. The van der Waals surface area contributed by atoms with Crippen molar-refractivity contribution >= 4 is 21.6 Å². The Morgan fingerprint density at radius 1 is 1.00 bits per heavy atom. The van der Waals surface area contributed by atoms with Crippen molar-refractivity contribution in [1.29, 1.82) is 0 Å². The van der Waals surface area contributed by atoms with Crippen LogP contribution in [0.5, 0.6) is 5.75 Å². The molecule has 1 unspecified atom stereocenters. The molecule has 3 aromatic carbocycles. The number of fused-ring (bicyclic) bond motifs is 1. The molecule has 0 radical (unpaired) electrons. The molecular weight excluding hydrogens is 412 g/mol. The number of sulfonamides is 1. The topological polar surface area (TPSA) is 75.7 Å². The van der Waals surface area contributed by atoms with Gasteiger partial charge in [-0.25, -0.2) is 8.42 Å². The van der Waals surface area contributed by atoms with Crippen LogP contribution in [0.25, 0.3) is 0 Å². The molecule has 0 aromatic heterocycles. The number of benzene rings is 3. The summed E-state index contributed by atoms with van der Waals surface area (Å²) < 4.78 is 32.7. The zero-order valence-corrected chi connectivity index (χ0v) is 18.0. The largest absolute Gasteiger partial charge is 0.492 e. The van der Waals surface area contributed by atoms with E-state index in [2.05, 4.69) is 5.32 Å². The maximum Gasteiger partial charge on any atom is 0.243 e. The first-order chi connectivity index (χ1) is 14.9. The molecule has 1 aliphatic rings. The van der Waals surface area contributed by atoms with Crippen LogP contribution in [0.15, 0.2) is 83.8 Å². The van der Waals surface area contributed by atoms with Gasteiger partial charge in [-0.3, -0.25) is 4.79 Å². The predicted molar refractivity (Wildman–Crippen MR) is 119 cm³/mol. The van der Waals surface area contributed by atoms with Gasteiger partial charge >= 0.3 is 0 Å². The highest BCUT2D eigenvalue weighted by Gasteiger charge is 2.26. The first-order valence-corrected chi connectivity index (χ1v) is 11.5. The van der Waals surface area contributed by atoms with Crippen molar-refractivity contribution < 1.29 is 17.9 Å². The zero-order valence-electron chi connectivity index (χ0n) is 17.2. The van der Waals surface area contributed by atoms with Gasteiger partial charge < -0.3 is 10.1 Å². The monoisotopic (exact) mass is 436 g/mol. The molecule has 1 aliphatic heterocycles. The highest BCUT2D eigenvalue weighted by atomic mass is 32.2. The number of nitrogens with one attached hydrogen (secondary N) is 1. The fraction of sp³-hybridized carbons (Fsp3) is 0.208. The first-order valence-electron chi connectivity index (χ1n) is 10.1. The molecule has 1 atom stereocenters. The van der Waals surface area contributed by atoms with Crippen LogP contribution < -0.4 is 10.1 Å². The van der Waals surface area contributed by atoms with E-state index in [0.29, 0.717) is 18.7 Å². The lowest BCUT2D eigenvalue weighted by Crippen LogP contribution is -2.32. The Kier molecular flexibility index (Phi) is 6.06. The van der Waals surface area contributed by atoms with Crippen molar-refractivity contribution in [3.05, 3.63) is 90.0 Å². The molecule has 0 fully saturated rings. The van der Waals surface area contributed by atoms with Gasteiger partial charge in [0.2, 0.25) is 15.9 Å². The Hall–Kier alpha value is -3.16. The number of anilines is 1. The molecule has 1 N–H and O–H groups in total. The molecular formula is C24H24N2O4S. The maximum atomic E-state index is 12.9. The number of carbonyl (C=O) groups excluding carboxylic acids is 1. The van der Waals surface area contributed by atoms with Gasteiger partial charge in [-0.1, -0.05) is 48.5 Å². The molecule has 0 spiro atoms. The Bertz CT molecular complexity index is 1160. The maximum absolute atomic E-state index is 12.9. The molecule has 3 aromatic rings. The van der Waals surface area contributed by atoms with E-state index < -0.39 is 10.0 Å². The lowest BCUT2D eigenvalue weighted by molar-refractivity contribution is -0.121. The Morgan fingerprint density at radius 2 is 1.68 bits per heavy atom. The Morgan fingerprint density at radius 3 is 2.42 bits per heavy atom. The van der Waals surface area contributed by atoms with Gasteiger partial charge in [0.15, 0.2) is 0 Å². The van der Waals surface area contributed by atoms with Crippen LogP contribution in [0.2, 0.25) is 0 Å². The SMILES string of the molecule is CN(Cc1ccccc1)S(=O)(=O)c1ccc(NC(=O)C2COc3ccccc3C2)cc1. The number of hydrogen-bond donors (Lipinski definition) is 1. The predicted octanol–water partition coefficient (Wildman–Crippen LogP) is 3.70. The van der Waals surface area contributed by atoms with Crippen LogP contribution in [0.1, 0.15) is 11.1 Å². The van der Waals surface area contributed by atoms with Gasteiger partial charge in [-0.05, 0) is 47.9 Å². The fourth-order valence-corrected chi connectivity index (χ4v) is 4.72. The molecule has 1 heterocycles. The average Bonchev–Trinajstić information content (AvgIpc) is 2.79. The number of nitrogens with zero attached hydrogens (tertiary/aromatic N) is 1. The van der Waals surface area contributed by atoms with Gasteiger partial charge in [0.05, 0.1) is 10.8 Å². The van der Waals surface area contributed by atoms with Crippen molar-refractivity contribution in [1.82, 2.24) is 4.31 Å². The fourth-order valence-electron chi connectivity index (χ4n) is 3.56. The number of amides is 1. The van der Waals surface area contributed by atoms with E-state index in [9.17, 15) is 13.2 Å². The summed E-state index contributed by atoms with van der Waals surface area (Å²) in [5.74, 6) is 0.377. The van der Waals surface area contributed by atoms with E-state index in [1.807, 2.05) is 54.6 Å². The minimum atomic E-state index is -3.64. The molecule has 1 amide bonds. The lowest BCUT2D eigenvalue weighted by atomic mass is 9.96.